The molecule has 14 heavy (non-hydrogen) atoms. The molecule has 0 spiro atoms. The van der Waals surface area contributed by atoms with Gasteiger partial charge in [0.05, 0.1) is 11.8 Å². The van der Waals surface area contributed by atoms with Crippen molar-refractivity contribution in [2.45, 2.75) is 12.8 Å². The molecule has 2 rings (SSSR count). The number of hydrogen-bond acceptors (Lipinski definition) is 2. The Labute approximate surface area is 87.0 Å². The van der Waals surface area contributed by atoms with E-state index in [-0.39, 0.29) is 11.3 Å². The number of nitrogens with zero attached hydrogens (tertiary/aromatic N) is 1. The molecular formula is C9H12ClN3O. The monoisotopic (exact) mass is 213 g/mol. The molecule has 1 amide bonds. The molecule has 0 unspecified atom stereocenters. The normalized spacial score (nSPS) is 17.8. The Bertz CT molecular complexity index is 319. The first kappa shape index (κ1) is 9.52. The fourth-order valence-corrected chi connectivity index (χ4v) is 1.64. The van der Waals surface area contributed by atoms with Crippen molar-refractivity contribution in [2.24, 2.45) is 5.41 Å². The lowest BCUT2D eigenvalue weighted by Gasteiger charge is -2.11. The predicted octanol–water partition coefficient (Wildman–Crippen LogP) is 1.16. The second-order valence-electron chi connectivity index (χ2n) is 3.80. The summed E-state index contributed by atoms with van der Waals surface area (Å²) in [7, 11) is 0. The molecule has 5 heteroatoms. The van der Waals surface area contributed by atoms with E-state index in [2.05, 4.69) is 15.5 Å². The SMILES string of the molecule is O=C(NCC1(CCl)CC1)c1cn[nH]c1. The zero-order chi connectivity index (χ0) is 10.0. The van der Waals surface area contributed by atoms with E-state index in [9.17, 15) is 4.79 Å². The number of H-pyrrole nitrogens is 1. The lowest BCUT2D eigenvalue weighted by molar-refractivity contribution is 0.0946. The highest BCUT2D eigenvalue weighted by atomic mass is 35.5. The van der Waals surface area contributed by atoms with E-state index in [1.165, 1.54) is 6.20 Å². The van der Waals surface area contributed by atoms with Crippen LogP contribution in [0.25, 0.3) is 0 Å². The van der Waals surface area contributed by atoms with Crippen molar-refractivity contribution in [1.29, 1.82) is 0 Å². The van der Waals surface area contributed by atoms with Crippen molar-refractivity contribution >= 4 is 17.5 Å². The van der Waals surface area contributed by atoms with Crippen LogP contribution in [0.3, 0.4) is 0 Å². The molecule has 1 aliphatic carbocycles. The first-order valence-corrected chi connectivity index (χ1v) is 5.12. The minimum atomic E-state index is -0.0878. The second-order valence-corrected chi connectivity index (χ2v) is 4.07. The molecule has 76 valence electrons. The predicted molar refractivity (Wildman–Crippen MR) is 53.3 cm³/mol. The Kier molecular flexibility index (Phi) is 2.46. The lowest BCUT2D eigenvalue weighted by atomic mass is 10.1. The van der Waals surface area contributed by atoms with Crippen molar-refractivity contribution in [3.63, 3.8) is 0 Å². The highest BCUT2D eigenvalue weighted by molar-refractivity contribution is 6.18. The van der Waals surface area contributed by atoms with Crippen LogP contribution in [0.2, 0.25) is 0 Å². The number of aromatic nitrogens is 2. The van der Waals surface area contributed by atoms with Gasteiger partial charge in [-0.25, -0.2) is 0 Å². The maximum Gasteiger partial charge on any atom is 0.254 e. The van der Waals surface area contributed by atoms with E-state index < -0.39 is 0 Å². The number of carbonyl (C=O) groups is 1. The quantitative estimate of drug-likeness (QED) is 0.738. The summed E-state index contributed by atoms with van der Waals surface area (Å²) < 4.78 is 0. The Balaban J connectivity index is 1.84. The van der Waals surface area contributed by atoms with Gasteiger partial charge in [-0.15, -0.1) is 11.6 Å². The van der Waals surface area contributed by atoms with Crippen molar-refractivity contribution in [2.75, 3.05) is 12.4 Å². The summed E-state index contributed by atoms with van der Waals surface area (Å²) >= 11 is 5.79. The number of aromatic amines is 1. The van der Waals surface area contributed by atoms with Crippen molar-refractivity contribution in [1.82, 2.24) is 15.5 Å². The average molecular weight is 214 g/mol. The largest absolute Gasteiger partial charge is 0.351 e. The van der Waals surface area contributed by atoms with E-state index in [0.717, 1.165) is 12.8 Å². The molecule has 0 saturated heterocycles. The second kappa shape index (κ2) is 3.61. The third kappa shape index (κ3) is 1.90. The highest BCUT2D eigenvalue weighted by Crippen LogP contribution is 2.45. The highest BCUT2D eigenvalue weighted by Gasteiger charge is 2.41. The van der Waals surface area contributed by atoms with Gasteiger partial charge >= 0.3 is 0 Å². The number of halogens is 1. The molecule has 4 nitrogen and oxygen atoms in total. The zero-order valence-electron chi connectivity index (χ0n) is 7.72. The van der Waals surface area contributed by atoms with E-state index in [0.29, 0.717) is 18.0 Å². The van der Waals surface area contributed by atoms with Crippen LogP contribution in [0.5, 0.6) is 0 Å². The number of rotatable bonds is 4. The molecule has 1 saturated carbocycles. The maximum atomic E-state index is 11.5. The standard InChI is InChI=1S/C9H12ClN3O/c10-5-9(1-2-9)6-11-8(14)7-3-12-13-4-7/h3-4H,1-2,5-6H2,(H,11,14)(H,12,13). The summed E-state index contributed by atoms with van der Waals surface area (Å²) in [6.07, 6.45) is 5.32. The summed E-state index contributed by atoms with van der Waals surface area (Å²) in [6, 6.07) is 0. The Morgan fingerprint density at radius 3 is 3.00 bits per heavy atom. The average Bonchev–Trinajstić information content (AvgIpc) is 2.78. The Hall–Kier alpha value is -1.03. The molecule has 1 aliphatic rings. The van der Waals surface area contributed by atoms with E-state index in [4.69, 9.17) is 11.6 Å². The lowest BCUT2D eigenvalue weighted by Crippen LogP contribution is -2.30. The van der Waals surface area contributed by atoms with Gasteiger partial charge in [0.1, 0.15) is 0 Å². The molecule has 1 heterocycles. The Morgan fingerprint density at radius 1 is 1.71 bits per heavy atom. The summed E-state index contributed by atoms with van der Waals surface area (Å²) in [6.45, 7) is 0.667. The number of amides is 1. The van der Waals surface area contributed by atoms with Crippen LogP contribution in [0, 0.1) is 5.41 Å². The number of hydrogen-bond donors (Lipinski definition) is 2. The molecule has 0 radical (unpaired) electrons. The van der Waals surface area contributed by atoms with Crippen LogP contribution in [-0.2, 0) is 0 Å². The van der Waals surface area contributed by atoms with Gasteiger partial charge in [0.2, 0.25) is 0 Å². The topological polar surface area (TPSA) is 57.8 Å². The van der Waals surface area contributed by atoms with Gasteiger partial charge in [0.25, 0.3) is 5.91 Å². The number of nitrogens with one attached hydrogen (secondary N) is 2. The fraction of sp³-hybridized carbons (Fsp3) is 0.556. The molecule has 0 aromatic carbocycles. The number of alkyl halides is 1. The fourth-order valence-electron chi connectivity index (χ4n) is 1.28. The van der Waals surface area contributed by atoms with E-state index in [1.807, 2.05) is 0 Å². The van der Waals surface area contributed by atoms with Crippen LogP contribution in [-0.4, -0.2) is 28.5 Å². The molecule has 2 N–H and O–H groups in total. The van der Waals surface area contributed by atoms with Crippen LogP contribution in [0.15, 0.2) is 12.4 Å². The third-order valence-electron chi connectivity index (χ3n) is 2.62. The summed E-state index contributed by atoms with van der Waals surface area (Å²) in [4.78, 5) is 11.5. The van der Waals surface area contributed by atoms with Gasteiger partial charge in [-0.1, -0.05) is 0 Å². The van der Waals surface area contributed by atoms with E-state index in [1.54, 1.807) is 6.20 Å². The van der Waals surface area contributed by atoms with E-state index >= 15 is 0 Å². The Morgan fingerprint density at radius 2 is 2.50 bits per heavy atom. The van der Waals surface area contributed by atoms with Gasteiger partial charge in [-0.2, -0.15) is 5.10 Å². The summed E-state index contributed by atoms with van der Waals surface area (Å²) in [5.74, 6) is 0.536. The number of carbonyl (C=O) groups excluding carboxylic acids is 1. The molecule has 0 bridgehead atoms. The van der Waals surface area contributed by atoms with Crippen LogP contribution >= 0.6 is 11.6 Å². The first-order chi connectivity index (χ1) is 6.76. The molecule has 0 atom stereocenters. The van der Waals surface area contributed by atoms with Gasteiger partial charge in [-0.05, 0) is 12.8 Å². The summed E-state index contributed by atoms with van der Waals surface area (Å²) in [5.41, 5.74) is 0.733. The van der Waals surface area contributed by atoms with Crippen molar-refractivity contribution < 1.29 is 4.79 Å². The molecule has 1 aromatic heterocycles. The van der Waals surface area contributed by atoms with Gasteiger partial charge in [0.15, 0.2) is 0 Å². The first-order valence-electron chi connectivity index (χ1n) is 4.59. The van der Waals surface area contributed by atoms with Crippen molar-refractivity contribution in [3.05, 3.63) is 18.0 Å². The molecular weight excluding hydrogens is 202 g/mol. The smallest absolute Gasteiger partial charge is 0.254 e. The minimum Gasteiger partial charge on any atom is -0.351 e. The van der Waals surface area contributed by atoms with Gasteiger partial charge < -0.3 is 5.32 Å². The third-order valence-corrected chi connectivity index (χ3v) is 3.19. The maximum absolute atomic E-state index is 11.5. The van der Waals surface area contributed by atoms with Crippen molar-refractivity contribution in [3.8, 4) is 0 Å². The minimum absolute atomic E-state index is 0.0878. The molecule has 1 fully saturated rings. The van der Waals surface area contributed by atoms with Crippen LogP contribution in [0.1, 0.15) is 23.2 Å². The summed E-state index contributed by atoms with van der Waals surface area (Å²) in [5, 5.41) is 9.17. The van der Waals surface area contributed by atoms with Gasteiger partial charge in [-0.3, -0.25) is 9.89 Å². The van der Waals surface area contributed by atoms with Gasteiger partial charge in [0, 0.05) is 24.0 Å². The molecule has 0 aliphatic heterocycles. The molecule has 1 aromatic rings. The zero-order valence-corrected chi connectivity index (χ0v) is 8.47. The van der Waals surface area contributed by atoms with Crippen LogP contribution in [0.4, 0.5) is 0 Å². The van der Waals surface area contributed by atoms with Crippen LogP contribution < -0.4 is 5.32 Å².